The molecular weight excluding hydrogens is 1300 g/mol. The maximum atomic E-state index is 12.7. The molecule has 0 spiro atoms. The van der Waals surface area contributed by atoms with Gasteiger partial charge in [-0.05, 0) is 98.9 Å². The van der Waals surface area contributed by atoms with E-state index in [1.165, 1.54) is 48.5 Å². The predicted octanol–water partition coefficient (Wildman–Crippen LogP) is -0.149. The Bertz CT molecular complexity index is 2210. The first-order valence-corrected chi connectivity index (χ1v) is 28.1. The molecule has 2 aromatic rings. The summed E-state index contributed by atoms with van der Waals surface area (Å²) in [6.45, 7) is 8.43. The average Bonchev–Trinajstić information content (AvgIpc) is 4.01. The van der Waals surface area contributed by atoms with Crippen LogP contribution in [0, 0.1) is 33.5 Å². The van der Waals surface area contributed by atoms with Crippen LogP contribution < -0.4 is 0 Å². The van der Waals surface area contributed by atoms with Crippen LogP contribution >= 0.6 is 0 Å². The molecule has 4 atom stereocenters. The molecule has 4 rings (SSSR count). The van der Waals surface area contributed by atoms with Gasteiger partial charge in [-0.3, -0.25) is 19.2 Å². The fourth-order valence-electron chi connectivity index (χ4n) is 8.01. The van der Waals surface area contributed by atoms with Crippen molar-refractivity contribution in [1.29, 1.82) is 0 Å². The molecule has 2 aromatic carbocycles. The van der Waals surface area contributed by atoms with E-state index >= 15 is 0 Å². The Balaban J connectivity index is 0. The number of aliphatic hydroxyl groups is 8. The van der Waals surface area contributed by atoms with E-state index in [4.69, 9.17) is 87.8 Å². The van der Waals surface area contributed by atoms with Crippen molar-refractivity contribution in [3.05, 3.63) is 70.8 Å². The van der Waals surface area contributed by atoms with Crippen molar-refractivity contribution < 1.29 is 126 Å². The Hall–Kier alpha value is -5.08. The molecule has 2 saturated carbocycles. The monoisotopic (exact) mass is 1370 g/mol. The van der Waals surface area contributed by atoms with Crippen molar-refractivity contribution in [2.45, 2.75) is 67.2 Å². The molecule has 0 heterocycles. The van der Waals surface area contributed by atoms with Crippen LogP contribution in [0.25, 0.3) is 0 Å². The van der Waals surface area contributed by atoms with Gasteiger partial charge in [-0.15, -0.1) is 0 Å². The second-order valence-electron chi connectivity index (χ2n) is 18.5. The molecule has 456 valence electrons. The zero-order chi connectivity index (χ0) is 62.2. The maximum absolute atomic E-state index is 12.7. The van der Waals surface area contributed by atoms with Gasteiger partial charge in [-0.2, -0.15) is 0 Å². The number of esters is 8. The van der Waals surface area contributed by atoms with Crippen LogP contribution in [0.2, 0.25) is 0 Å². The number of hydrogen-bond acceptors (Lipinski definition) is 27. The summed E-state index contributed by atoms with van der Waals surface area (Å²) in [6.07, 6.45) is 1.97. The van der Waals surface area contributed by atoms with Crippen molar-refractivity contribution in [1.82, 2.24) is 0 Å². The summed E-state index contributed by atoms with van der Waals surface area (Å²) in [6, 6.07) is 11.3. The van der Waals surface area contributed by atoms with E-state index in [2.05, 4.69) is 0 Å². The fourth-order valence-corrected chi connectivity index (χ4v) is 8.01. The van der Waals surface area contributed by atoms with E-state index in [-0.39, 0.29) is 134 Å². The standard InChI is InChI=1S/C24H32O10.C14H24O6.C12H14O6.C2H6O2.3O.2Sb/c1-23(2)18(8-9-24(23,3)22(30)34-13-11-26)21(29)33-15-14-32-20(28)17-6-4-16(5-7-17)19(27)31-12-10-25;1-13(2)10(11(17)19-8-6-15)4-5-14(13,3)12(18)20-9-7-16;13-5-7-17-11(15)9-1-2-10(4-3-9)12(16)18-8-6-14;3-1-2-4;;;;;/h4-7,18,25-26H,8-15H2,1-3H3;10,15-16H,4-9H2,1-3H3;1-4,13-14H,5-8H2;3-4H,1-2H2;;;;;/t18-,24+;10-,14+;;;;;;;/m11......./s1. The number of benzene rings is 2. The molecule has 2 fully saturated rings. The molecule has 0 bridgehead atoms. The Morgan fingerprint density at radius 2 is 0.605 bits per heavy atom. The van der Waals surface area contributed by atoms with E-state index in [1.807, 2.05) is 27.7 Å². The summed E-state index contributed by atoms with van der Waals surface area (Å²) in [4.78, 5) is 96.0. The molecule has 81 heavy (non-hydrogen) atoms. The third kappa shape index (κ3) is 25.5. The number of rotatable bonds is 24. The molecule has 0 saturated heterocycles. The average molecular weight is 1380 g/mol. The molecule has 8 N–H and O–H groups in total. The van der Waals surface area contributed by atoms with Crippen LogP contribution in [0.3, 0.4) is 0 Å². The topological polar surface area (TPSA) is 423 Å². The Kier molecular flexibility index (Phi) is 41.1. The van der Waals surface area contributed by atoms with Crippen LogP contribution in [0.4, 0.5) is 0 Å². The number of hydrogen-bond donors (Lipinski definition) is 8. The van der Waals surface area contributed by atoms with Crippen molar-refractivity contribution in [3.8, 4) is 0 Å². The molecule has 27 nitrogen and oxygen atoms in total. The summed E-state index contributed by atoms with van der Waals surface area (Å²) in [5, 5.41) is 67.3. The molecule has 0 amide bonds. The number of ether oxygens (including phenoxy) is 8. The SMILES string of the molecule is CC1(C)[C@@H](C(=O)OCCO)CC[C@@]1(C)C(=O)OCCO.CC1(C)[C@@H](C(=O)OCCOC(=O)c2ccc(C(=O)OCCO)cc2)CC[C@@]1(C)C(=O)OCCO.O=C(OCCO)c1ccc(C(=O)OCCO)cc1.OCCO.[O]=[Sb].[O]=[Sb]=[O]. The Morgan fingerprint density at radius 1 is 0.395 bits per heavy atom. The Morgan fingerprint density at radius 3 is 0.852 bits per heavy atom. The molecule has 0 aliphatic heterocycles. The third-order valence-electron chi connectivity index (χ3n) is 13.3. The summed E-state index contributed by atoms with van der Waals surface area (Å²) >= 11 is -1.65. The van der Waals surface area contributed by atoms with E-state index < -0.39 is 96.9 Å². The molecule has 0 unspecified atom stereocenters. The molecule has 0 aromatic heterocycles. The van der Waals surface area contributed by atoms with Crippen LogP contribution in [0.15, 0.2) is 48.5 Å². The van der Waals surface area contributed by atoms with Gasteiger partial charge in [0.15, 0.2) is 0 Å². The number of aliphatic hydroxyl groups excluding tert-OH is 8. The fraction of sp³-hybridized carbons (Fsp3) is 0.615. The van der Waals surface area contributed by atoms with Gasteiger partial charge >= 0.3 is 101 Å². The molecule has 2 aliphatic carbocycles. The van der Waals surface area contributed by atoms with Crippen molar-refractivity contribution in [2.75, 3.05) is 106 Å². The summed E-state index contributed by atoms with van der Waals surface area (Å²) < 4.78 is 65.1. The number of carbonyl (C=O) groups excluding carboxylic acids is 8. The van der Waals surface area contributed by atoms with E-state index in [0.29, 0.717) is 48.7 Å². The van der Waals surface area contributed by atoms with Gasteiger partial charge in [-0.1, -0.05) is 27.7 Å². The minimum atomic E-state index is -2.15. The van der Waals surface area contributed by atoms with E-state index in [1.54, 1.807) is 13.8 Å². The van der Waals surface area contributed by atoms with Crippen LogP contribution in [0.1, 0.15) is 109 Å². The predicted molar refractivity (Wildman–Crippen MR) is 277 cm³/mol. The molecule has 2 radical (unpaired) electrons. The van der Waals surface area contributed by atoms with Crippen LogP contribution in [-0.4, -0.2) is 239 Å². The molecule has 29 heteroatoms. The van der Waals surface area contributed by atoms with E-state index in [9.17, 15) is 38.4 Å². The second kappa shape index (κ2) is 42.7. The van der Waals surface area contributed by atoms with Crippen molar-refractivity contribution in [3.63, 3.8) is 0 Å². The molecular formula is C52H76O27Sb2. The first kappa shape index (κ1) is 78.0. The summed E-state index contributed by atoms with van der Waals surface area (Å²) in [7, 11) is 0. The zero-order valence-corrected chi connectivity index (χ0v) is 51.3. The normalized spacial score (nSPS) is 18.4. The quantitative estimate of drug-likeness (QED) is 0.0293. The van der Waals surface area contributed by atoms with Gasteiger partial charge in [0.1, 0.15) is 52.9 Å². The number of carbonyl (C=O) groups is 8. The van der Waals surface area contributed by atoms with Crippen LogP contribution in [0.5, 0.6) is 0 Å². The first-order chi connectivity index (χ1) is 38.4. The summed E-state index contributed by atoms with van der Waals surface area (Å²) in [5.74, 6) is -5.06. The first-order valence-electron chi connectivity index (χ1n) is 25.0. The van der Waals surface area contributed by atoms with Gasteiger partial charge < -0.3 is 78.7 Å². The van der Waals surface area contributed by atoms with Crippen molar-refractivity contribution in [2.24, 2.45) is 33.5 Å². The second-order valence-corrected chi connectivity index (χ2v) is 18.9. The Labute approximate surface area is 493 Å². The van der Waals surface area contributed by atoms with Gasteiger partial charge in [0, 0.05) is 0 Å². The minimum absolute atomic E-state index is 0.0307. The summed E-state index contributed by atoms with van der Waals surface area (Å²) in [5.41, 5.74) is -2.02. The van der Waals surface area contributed by atoms with Crippen molar-refractivity contribution >= 4 is 92.4 Å². The van der Waals surface area contributed by atoms with Gasteiger partial charge in [0.2, 0.25) is 0 Å². The zero-order valence-electron chi connectivity index (χ0n) is 46.1. The van der Waals surface area contributed by atoms with Gasteiger partial charge in [-0.25, -0.2) is 19.2 Å². The third-order valence-corrected chi connectivity index (χ3v) is 13.3. The van der Waals surface area contributed by atoms with Gasteiger partial charge in [0.25, 0.3) is 0 Å². The van der Waals surface area contributed by atoms with Gasteiger partial charge in [0.05, 0.1) is 97.8 Å². The molecule has 2 aliphatic rings. The van der Waals surface area contributed by atoms with Crippen LogP contribution in [-0.2, 0) is 66.1 Å². The van der Waals surface area contributed by atoms with E-state index in [0.717, 1.165) is 0 Å².